The Labute approximate surface area is 175 Å². The Morgan fingerprint density at radius 1 is 1.33 bits per heavy atom. The van der Waals surface area contributed by atoms with Crippen LogP contribution in [0.15, 0.2) is 22.9 Å². The van der Waals surface area contributed by atoms with Crippen LogP contribution in [-0.2, 0) is 13.5 Å². The zero-order valence-corrected chi connectivity index (χ0v) is 17.5. The molecule has 1 amide bonds. The second-order valence-corrected chi connectivity index (χ2v) is 7.92. The molecule has 30 heavy (non-hydrogen) atoms. The fraction of sp³-hybridized carbons (Fsp3) is 0.476. The van der Waals surface area contributed by atoms with Gasteiger partial charge < -0.3 is 26.1 Å². The van der Waals surface area contributed by atoms with E-state index in [-0.39, 0.29) is 23.4 Å². The Bertz CT molecular complexity index is 1060. The third-order valence-corrected chi connectivity index (χ3v) is 5.61. The van der Waals surface area contributed by atoms with Gasteiger partial charge in [-0.15, -0.1) is 0 Å². The van der Waals surface area contributed by atoms with Crippen molar-refractivity contribution in [2.24, 2.45) is 12.8 Å². The van der Waals surface area contributed by atoms with E-state index in [2.05, 4.69) is 27.2 Å². The van der Waals surface area contributed by atoms with Crippen LogP contribution in [0.3, 0.4) is 0 Å². The van der Waals surface area contributed by atoms with Crippen molar-refractivity contribution in [1.29, 1.82) is 0 Å². The van der Waals surface area contributed by atoms with Crippen LogP contribution >= 0.6 is 0 Å². The minimum absolute atomic E-state index is 0.0647. The number of furan rings is 1. The molecule has 0 radical (unpaired) electrons. The number of nitrogens with two attached hydrogens (primary N) is 2. The van der Waals surface area contributed by atoms with Gasteiger partial charge in [0.25, 0.3) is 5.91 Å². The van der Waals surface area contributed by atoms with Crippen molar-refractivity contribution in [3.05, 3.63) is 29.6 Å². The molecule has 0 aliphatic carbocycles. The van der Waals surface area contributed by atoms with Crippen molar-refractivity contribution >= 4 is 34.4 Å². The summed E-state index contributed by atoms with van der Waals surface area (Å²) in [5, 5.41) is 7.31. The first-order chi connectivity index (χ1) is 14.5. The summed E-state index contributed by atoms with van der Waals surface area (Å²) in [6, 6.07) is 2.11. The fourth-order valence-corrected chi connectivity index (χ4v) is 4.09. The van der Waals surface area contributed by atoms with Crippen molar-refractivity contribution in [3.8, 4) is 0 Å². The normalized spacial score (nSPS) is 17.3. The summed E-state index contributed by atoms with van der Waals surface area (Å²) in [4.78, 5) is 19.8. The second kappa shape index (κ2) is 8.35. The highest BCUT2D eigenvalue weighted by Gasteiger charge is 2.25. The highest BCUT2D eigenvalue weighted by molar-refractivity contribution is 6.15. The largest absolute Gasteiger partial charge is 0.438 e. The van der Waals surface area contributed by atoms with E-state index in [1.165, 1.54) is 0 Å². The average molecular weight is 412 g/mol. The van der Waals surface area contributed by atoms with E-state index in [0.29, 0.717) is 16.8 Å². The second-order valence-electron chi connectivity index (χ2n) is 7.92. The molecule has 0 unspecified atom stereocenters. The molecule has 1 aliphatic heterocycles. The Hall–Kier alpha value is -3.07. The van der Waals surface area contributed by atoms with Gasteiger partial charge in [0.1, 0.15) is 16.8 Å². The Kier molecular flexibility index (Phi) is 5.63. The number of rotatable bonds is 5. The van der Waals surface area contributed by atoms with E-state index in [9.17, 15) is 4.79 Å². The molecule has 1 atom stereocenters. The van der Waals surface area contributed by atoms with Crippen LogP contribution < -0.4 is 21.7 Å². The number of hydrogen-bond donors (Lipinski definition) is 3. The monoisotopic (exact) mass is 411 g/mol. The number of aromatic nitrogens is 3. The maximum atomic E-state index is 13.1. The standard InChI is InChI=1S/C21H29N7O2/c1-3-5-13-10-16-18(24-11-13)17(19(23)30-16)20(29)26-15-12-25-27(2)21(15)28-8-4-6-14(22)7-9-28/h10-12,14H,3-9,22-23H2,1-2H3,(H,26,29)/t14-/m1/s1. The molecule has 1 saturated heterocycles. The van der Waals surface area contributed by atoms with Crippen LogP contribution in [0.2, 0.25) is 0 Å². The van der Waals surface area contributed by atoms with Crippen LogP contribution in [0, 0.1) is 0 Å². The molecule has 0 aromatic carbocycles. The maximum absolute atomic E-state index is 13.1. The third kappa shape index (κ3) is 3.85. The summed E-state index contributed by atoms with van der Waals surface area (Å²) in [5.74, 6) is 0.569. The van der Waals surface area contributed by atoms with Gasteiger partial charge in [0, 0.05) is 32.4 Å². The van der Waals surface area contributed by atoms with Gasteiger partial charge in [0.05, 0.1) is 6.20 Å². The minimum atomic E-state index is -0.359. The van der Waals surface area contributed by atoms with Crippen molar-refractivity contribution in [2.45, 2.75) is 45.1 Å². The number of anilines is 3. The lowest BCUT2D eigenvalue weighted by atomic mass is 10.1. The van der Waals surface area contributed by atoms with E-state index in [4.69, 9.17) is 15.9 Å². The number of pyridine rings is 1. The van der Waals surface area contributed by atoms with Gasteiger partial charge in [0.15, 0.2) is 11.4 Å². The third-order valence-electron chi connectivity index (χ3n) is 5.61. The van der Waals surface area contributed by atoms with Crippen molar-refractivity contribution < 1.29 is 9.21 Å². The van der Waals surface area contributed by atoms with Gasteiger partial charge >= 0.3 is 0 Å². The van der Waals surface area contributed by atoms with E-state index in [1.54, 1.807) is 17.1 Å². The number of fused-ring (bicyclic) bond motifs is 1. The number of nitrogen functional groups attached to an aromatic ring is 1. The number of nitrogens with zero attached hydrogens (tertiary/aromatic N) is 4. The number of nitrogens with one attached hydrogen (secondary N) is 1. The molecule has 4 rings (SSSR count). The summed E-state index contributed by atoms with van der Waals surface area (Å²) in [6.07, 6.45) is 8.23. The molecule has 0 bridgehead atoms. The molecule has 3 aromatic heterocycles. The first-order valence-corrected chi connectivity index (χ1v) is 10.5. The topological polar surface area (TPSA) is 128 Å². The van der Waals surface area contributed by atoms with Gasteiger partial charge in [-0.1, -0.05) is 13.3 Å². The van der Waals surface area contributed by atoms with E-state index >= 15 is 0 Å². The first-order valence-electron chi connectivity index (χ1n) is 10.5. The van der Waals surface area contributed by atoms with E-state index < -0.39 is 0 Å². The number of carbonyl (C=O) groups excluding carboxylic acids is 1. The molecular formula is C21H29N7O2. The number of amides is 1. The predicted molar refractivity (Wildman–Crippen MR) is 118 cm³/mol. The summed E-state index contributed by atoms with van der Waals surface area (Å²) in [5.41, 5.74) is 15.1. The Balaban J connectivity index is 1.61. The molecule has 9 nitrogen and oxygen atoms in total. The summed E-state index contributed by atoms with van der Waals surface area (Å²) in [7, 11) is 1.87. The zero-order valence-electron chi connectivity index (χ0n) is 17.5. The van der Waals surface area contributed by atoms with Crippen LogP contribution in [0.4, 0.5) is 17.4 Å². The molecule has 1 aliphatic rings. The molecular weight excluding hydrogens is 382 g/mol. The highest BCUT2D eigenvalue weighted by atomic mass is 16.3. The number of carbonyl (C=O) groups is 1. The molecule has 1 fully saturated rings. The van der Waals surface area contributed by atoms with Gasteiger partial charge in [-0.3, -0.25) is 14.5 Å². The molecule has 0 spiro atoms. The molecule has 5 N–H and O–H groups in total. The fourth-order valence-electron chi connectivity index (χ4n) is 4.09. The van der Waals surface area contributed by atoms with Crippen molar-refractivity contribution in [3.63, 3.8) is 0 Å². The minimum Gasteiger partial charge on any atom is -0.438 e. The van der Waals surface area contributed by atoms with Crippen LogP contribution in [0.1, 0.15) is 48.5 Å². The summed E-state index contributed by atoms with van der Waals surface area (Å²) < 4.78 is 7.41. The quantitative estimate of drug-likeness (QED) is 0.589. The van der Waals surface area contributed by atoms with E-state index in [0.717, 1.165) is 56.6 Å². The lowest BCUT2D eigenvalue weighted by molar-refractivity contribution is 0.102. The smallest absolute Gasteiger partial charge is 0.263 e. The van der Waals surface area contributed by atoms with Crippen LogP contribution in [0.25, 0.3) is 11.1 Å². The first kappa shape index (κ1) is 20.2. The zero-order chi connectivity index (χ0) is 21.3. The highest BCUT2D eigenvalue weighted by Crippen LogP contribution is 2.31. The van der Waals surface area contributed by atoms with Gasteiger partial charge in [0.2, 0.25) is 5.88 Å². The lowest BCUT2D eigenvalue weighted by Gasteiger charge is -2.24. The summed E-state index contributed by atoms with van der Waals surface area (Å²) >= 11 is 0. The van der Waals surface area contributed by atoms with Crippen molar-refractivity contribution in [1.82, 2.24) is 14.8 Å². The van der Waals surface area contributed by atoms with Crippen LogP contribution in [0.5, 0.6) is 0 Å². The molecule has 3 aromatic rings. The average Bonchev–Trinajstić information content (AvgIpc) is 3.14. The summed E-state index contributed by atoms with van der Waals surface area (Å²) in [6.45, 7) is 3.79. The number of aryl methyl sites for hydroxylation is 2. The molecule has 0 saturated carbocycles. The molecule has 160 valence electrons. The van der Waals surface area contributed by atoms with E-state index in [1.807, 2.05) is 13.1 Å². The van der Waals surface area contributed by atoms with Crippen molar-refractivity contribution in [2.75, 3.05) is 29.0 Å². The molecule has 9 heteroatoms. The SMILES string of the molecule is CCCc1cnc2c(C(=O)Nc3cnn(C)c3N3CCC[C@@H](N)CC3)c(N)oc2c1. The van der Waals surface area contributed by atoms with Crippen LogP contribution in [-0.4, -0.2) is 39.8 Å². The predicted octanol–water partition coefficient (Wildman–Crippen LogP) is 2.67. The number of hydrogen-bond acceptors (Lipinski definition) is 7. The maximum Gasteiger partial charge on any atom is 0.263 e. The van der Waals surface area contributed by atoms with Gasteiger partial charge in [-0.2, -0.15) is 5.10 Å². The Morgan fingerprint density at radius 3 is 2.97 bits per heavy atom. The molecule has 4 heterocycles. The Morgan fingerprint density at radius 2 is 2.17 bits per heavy atom. The van der Waals surface area contributed by atoms with Gasteiger partial charge in [-0.25, -0.2) is 0 Å². The lowest BCUT2D eigenvalue weighted by Crippen LogP contribution is -2.29. The van der Waals surface area contributed by atoms with Gasteiger partial charge in [-0.05, 0) is 37.3 Å².